The molecule has 156 valence electrons. The Balaban J connectivity index is 1.38. The number of benzene rings is 2. The zero-order valence-electron chi connectivity index (χ0n) is 16.3. The van der Waals surface area contributed by atoms with Crippen LogP contribution in [-0.4, -0.2) is 33.7 Å². The first-order valence-corrected chi connectivity index (χ1v) is 10.8. The first-order chi connectivity index (χ1) is 14.4. The molecule has 0 bridgehead atoms. The number of aromatic hydroxyl groups is 1. The van der Waals surface area contributed by atoms with Crippen molar-refractivity contribution in [3.8, 4) is 5.88 Å². The van der Waals surface area contributed by atoms with Gasteiger partial charge in [-0.25, -0.2) is 4.79 Å². The van der Waals surface area contributed by atoms with Gasteiger partial charge in [-0.2, -0.15) is 0 Å². The normalized spacial score (nSPS) is 17.2. The van der Waals surface area contributed by atoms with Crippen LogP contribution < -0.4 is 4.87 Å². The first kappa shape index (κ1) is 20.5. The molecule has 1 amide bonds. The van der Waals surface area contributed by atoms with Crippen LogP contribution in [0.15, 0.2) is 53.3 Å². The highest BCUT2D eigenvalue weighted by Gasteiger charge is 2.35. The van der Waals surface area contributed by atoms with Gasteiger partial charge in [-0.1, -0.05) is 59.3 Å². The van der Waals surface area contributed by atoms with E-state index in [4.69, 9.17) is 16.3 Å². The average Bonchev–Trinajstić information content (AvgIpc) is 3.25. The number of aromatic nitrogens is 1. The van der Waals surface area contributed by atoms with Gasteiger partial charge in [0.15, 0.2) is 0 Å². The fourth-order valence-electron chi connectivity index (χ4n) is 3.62. The quantitative estimate of drug-likeness (QED) is 0.586. The topological polar surface area (TPSA) is 82.6 Å². The number of ether oxygens (including phenoxy) is 1. The van der Waals surface area contributed by atoms with Crippen LogP contribution in [0.1, 0.15) is 34.6 Å². The molecule has 1 aliphatic rings. The van der Waals surface area contributed by atoms with Crippen LogP contribution in [0.5, 0.6) is 5.88 Å². The third kappa shape index (κ3) is 4.52. The summed E-state index contributed by atoms with van der Waals surface area (Å²) in [4.78, 5) is 28.2. The number of nitrogens with one attached hydrogen (secondary N) is 1. The molecule has 8 heteroatoms. The van der Waals surface area contributed by atoms with Crippen molar-refractivity contribution in [1.29, 1.82) is 0 Å². The molecule has 1 fully saturated rings. The van der Waals surface area contributed by atoms with Crippen LogP contribution in [-0.2, 0) is 17.6 Å². The van der Waals surface area contributed by atoms with Crippen LogP contribution in [0.25, 0.3) is 0 Å². The fourth-order valence-corrected chi connectivity index (χ4v) is 4.58. The summed E-state index contributed by atoms with van der Waals surface area (Å²) in [5, 5.41) is 10.4. The Morgan fingerprint density at radius 2 is 1.97 bits per heavy atom. The Kier molecular flexibility index (Phi) is 5.83. The molecular formula is C22H21ClN2O4S. The van der Waals surface area contributed by atoms with Gasteiger partial charge in [-0.05, 0) is 42.2 Å². The van der Waals surface area contributed by atoms with E-state index in [1.807, 2.05) is 49.4 Å². The number of amides is 1. The molecule has 1 aliphatic heterocycles. The molecule has 1 saturated heterocycles. The molecule has 4 rings (SSSR count). The Labute approximate surface area is 182 Å². The van der Waals surface area contributed by atoms with Gasteiger partial charge in [0.2, 0.25) is 5.88 Å². The Bertz CT molecular complexity index is 1110. The Morgan fingerprint density at radius 1 is 1.23 bits per heavy atom. The fraction of sp³-hybridized carbons (Fsp3) is 0.273. The summed E-state index contributed by atoms with van der Waals surface area (Å²) in [7, 11) is 0. The second-order valence-electron chi connectivity index (χ2n) is 7.41. The van der Waals surface area contributed by atoms with Crippen molar-refractivity contribution in [2.75, 3.05) is 6.54 Å². The van der Waals surface area contributed by atoms with Gasteiger partial charge in [-0.15, -0.1) is 0 Å². The van der Waals surface area contributed by atoms with E-state index in [-0.39, 0.29) is 29.0 Å². The molecular weight excluding hydrogens is 424 g/mol. The molecule has 2 aromatic carbocycles. The van der Waals surface area contributed by atoms with Crippen molar-refractivity contribution >= 4 is 29.0 Å². The van der Waals surface area contributed by atoms with Gasteiger partial charge in [-0.3, -0.25) is 9.78 Å². The van der Waals surface area contributed by atoms with E-state index in [9.17, 15) is 14.7 Å². The number of cyclic esters (lactones) is 1. The van der Waals surface area contributed by atoms with Crippen molar-refractivity contribution in [1.82, 2.24) is 9.88 Å². The highest BCUT2D eigenvalue weighted by Crippen LogP contribution is 2.29. The first-order valence-electron chi connectivity index (χ1n) is 9.60. The standard InChI is InChI=1S/C22H21ClN2O4S/c1-13(25-12-18(29-22(25)28)16-3-2-4-17(23)11-16)9-14-5-7-15(8-6-14)10-19-20(26)24-21(27)30-19/h2-8,11,13,18,26H,9-10,12H2,1H3,(H,24,27). The number of thiazole rings is 1. The minimum atomic E-state index is -0.318. The second-order valence-corrected chi connectivity index (χ2v) is 8.92. The SMILES string of the molecule is CC(Cc1ccc(Cc2sc(=O)[nH]c2O)cc1)N1CC(c2cccc(Cl)c2)OC1=O. The lowest BCUT2D eigenvalue weighted by atomic mass is 10.0. The summed E-state index contributed by atoms with van der Waals surface area (Å²) in [6.07, 6.45) is 0.551. The van der Waals surface area contributed by atoms with Crippen molar-refractivity contribution in [3.63, 3.8) is 0 Å². The van der Waals surface area contributed by atoms with Crippen molar-refractivity contribution < 1.29 is 14.6 Å². The highest BCUT2D eigenvalue weighted by molar-refractivity contribution is 7.09. The average molecular weight is 445 g/mol. The number of H-pyrrole nitrogens is 1. The lowest BCUT2D eigenvalue weighted by Gasteiger charge is -2.22. The number of hydrogen-bond donors (Lipinski definition) is 2. The molecule has 2 atom stereocenters. The number of aromatic amines is 1. The molecule has 0 radical (unpaired) electrons. The van der Waals surface area contributed by atoms with Gasteiger partial charge in [0.25, 0.3) is 0 Å². The van der Waals surface area contributed by atoms with Crippen LogP contribution in [0.4, 0.5) is 4.79 Å². The third-order valence-electron chi connectivity index (χ3n) is 5.21. The largest absolute Gasteiger partial charge is 0.494 e. The lowest BCUT2D eigenvalue weighted by molar-refractivity contribution is 0.129. The summed E-state index contributed by atoms with van der Waals surface area (Å²) in [5.74, 6) is -0.0653. The Hall–Kier alpha value is -2.77. The highest BCUT2D eigenvalue weighted by atomic mass is 35.5. The van der Waals surface area contributed by atoms with Gasteiger partial charge >= 0.3 is 11.0 Å². The monoisotopic (exact) mass is 444 g/mol. The van der Waals surface area contributed by atoms with E-state index in [0.717, 1.165) is 28.0 Å². The number of rotatable bonds is 6. The number of carbonyl (C=O) groups excluding carboxylic acids is 1. The van der Waals surface area contributed by atoms with Gasteiger partial charge in [0.1, 0.15) is 6.10 Å². The van der Waals surface area contributed by atoms with E-state index in [1.165, 1.54) is 0 Å². The summed E-state index contributed by atoms with van der Waals surface area (Å²) < 4.78 is 5.55. The minimum absolute atomic E-state index is 0.0218. The maximum Gasteiger partial charge on any atom is 0.410 e. The minimum Gasteiger partial charge on any atom is -0.494 e. The predicted molar refractivity (Wildman–Crippen MR) is 116 cm³/mol. The molecule has 0 aliphatic carbocycles. The van der Waals surface area contributed by atoms with Gasteiger partial charge in [0, 0.05) is 17.5 Å². The van der Waals surface area contributed by atoms with Crippen molar-refractivity contribution in [3.05, 3.63) is 84.8 Å². The van der Waals surface area contributed by atoms with Crippen LogP contribution in [0.3, 0.4) is 0 Å². The van der Waals surface area contributed by atoms with E-state index >= 15 is 0 Å². The second kappa shape index (κ2) is 8.53. The molecule has 3 aromatic rings. The molecule has 30 heavy (non-hydrogen) atoms. The van der Waals surface area contributed by atoms with Crippen molar-refractivity contribution in [2.24, 2.45) is 0 Å². The maximum atomic E-state index is 12.4. The van der Waals surface area contributed by atoms with Gasteiger partial charge in [0.05, 0.1) is 11.4 Å². The van der Waals surface area contributed by atoms with Crippen molar-refractivity contribution in [2.45, 2.75) is 31.9 Å². The summed E-state index contributed by atoms with van der Waals surface area (Å²) in [5.41, 5.74) is 2.99. The molecule has 0 spiro atoms. The zero-order chi connectivity index (χ0) is 21.3. The smallest absolute Gasteiger partial charge is 0.410 e. The van der Waals surface area contributed by atoms with E-state index < -0.39 is 0 Å². The summed E-state index contributed by atoms with van der Waals surface area (Å²) in [6, 6.07) is 15.3. The van der Waals surface area contributed by atoms with Crippen LogP contribution in [0, 0.1) is 0 Å². The maximum absolute atomic E-state index is 12.4. The van der Waals surface area contributed by atoms with E-state index in [1.54, 1.807) is 11.0 Å². The molecule has 0 saturated carbocycles. The van der Waals surface area contributed by atoms with Crippen LogP contribution >= 0.6 is 22.9 Å². The molecule has 2 heterocycles. The molecule has 6 nitrogen and oxygen atoms in total. The van der Waals surface area contributed by atoms with Gasteiger partial charge < -0.3 is 14.7 Å². The molecule has 2 N–H and O–H groups in total. The molecule has 2 unspecified atom stereocenters. The number of halogens is 1. The molecule has 1 aromatic heterocycles. The Morgan fingerprint density at radius 3 is 2.63 bits per heavy atom. The number of nitrogens with zero attached hydrogens (tertiary/aromatic N) is 1. The number of hydrogen-bond acceptors (Lipinski definition) is 5. The third-order valence-corrected chi connectivity index (χ3v) is 6.32. The zero-order valence-corrected chi connectivity index (χ0v) is 17.9. The summed E-state index contributed by atoms with van der Waals surface area (Å²) in [6.45, 7) is 2.49. The predicted octanol–water partition coefficient (Wildman–Crippen LogP) is 4.51. The van der Waals surface area contributed by atoms with E-state index in [0.29, 0.717) is 29.3 Å². The lowest BCUT2D eigenvalue weighted by Crippen LogP contribution is -2.35. The summed E-state index contributed by atoms with van der Waals surface area (Å²) >= 11 is 7.07. The number of carbonyl (C=O) groups is 1. The van der Waals surface area contributed by atoms with Crippen LogP contribution in [0.2, 0.25) is 5.02 Å². The van der Waals surface area contributed by atoms with E-state index in [2.05, 4.69) is 4.98 Å².